The van der Waals surface area contributed by atoms with Crippen molar-refractivity contribution in [1.82, 2.24) is 0 Å². The van der Waals surface area contributed by atoms with Crippen molar-refractivity contribution < 1.29 is 19.7 Å². The first kappa shape index (κ1) is 17.1. The SMILES string of the molecule is CC(C)=CCOc1cc(O)c(C(=O)CC(C)C)c(O)c1C. The number of allylic oxidation sites excluding steroid dienone is 1. The highest BCUT2D eigenvalue weighted by Gasteiger charge is 2.21. The number of aromatic hydroxyl groups is 2. The van der Waals surface area contributed by atoms with Crippen LogP contribution in [0, 0.1) is 12.8 Å². The number of benzene rings is 1. The van der Waals surface area contributed by atoms with Crippen LogP contribution in [0.25, 0.3) is 0 Å². The largest absolute Gasteiger partial charge is 0.507 e. The second-order valence-electron chi connectivity index (χ2n) is 5.86. The molecule has 1 aromatic carbocycles. The molecule has 0 aliphatic rings. The molecule has 0 saturated carbocycles. The Balaban J connectivity index is 3.09. The number of Topliss-reactive ketones (excluding diaryl/α,β-unsaturated/α-hetero) is 1. The van der Waals surface area contributed by atoms with Gasteiger partial charge in [0.25, 0.3) is 0 Å². The van der Waals surface area contributed by atoms with Crippen LogP contribution in [0.5, 0.6) is 17.2 Å². The Kier molecular flexibility index (Phi) is 5.82. The molecule has 116 valence electrons. The van der Waals surface area contributed by atoms with Crippen LogP contribution < -0.4 is 4.74 Å². The molecule has 4 heteroatoms. The summed E-state index contributed by atoms with van der Waals surface area (Å²) in [7, 11) is 0. The highest BCUT2D eigenvalue weighted by molar-refractivity contribution is 6.02. The summed E-state index contributed by atoms with van der Waals surface area (Å²) in [6.45, 7) is 9.75. The molecule has 0 aliphatic heterocycles. The van der Waals surface area contributed by atoms with E-state index in [0.717, 1.165) is 5.57 Å². The molecule has 0 fully saturated rings. The van der Waals surface area contributed by atoms with Gasteiger partial charge in [0, 0.05) is 18.1 Å². The zero-order valence-corrected chi connectivity index (χ0v) is 13.4. The summed E-state index contributed by atoms with van der Waals surface area (Å²) in [6, 6.07) is 1.39. The Hall–Kier alpha value is -1.97. The first-order valence-corrected chi connectivity index (χ1v) is 7.08. The van der Waals surface area contributed by atoms with E-state index in [9.17, 15) is 15.0 Å². The molecule has 0 aliphatic carbocycles. The van der Waals surface area contributed by atoms with E-state index in [0.29, 0.717) is 17.9 Å². The minimum absolute atomic E-state index is 0.0178. The fraction of sp³-hybridized carbons (Fsp3) is 0.471. The lowest BCUT2D eigenvalue weighted by Crippen LogP contribution is -2.06. The number of hydrogen-bond donors (Lipinski definition) is 2. The third-order valence-electron chi connectivity index (χ3n) is 3.09. The number of phenolic OH excluding ortho intramolecular Hbond substituents is 2. The Morgan fingerprint density at radius 2 is 1.95 bits per heavy atom. The molecule has 1 rings (SSSR count). The highest BCUT2D eigenvalue weighted by atomic mass is 16.5. The standard InChI is InChI=1S/C17H24O4/c1-10(2)6-7-21-15-9-14(19)16(17(20)12(15)5)13(18)8-11(3)4/h6,9,11,19-20H,7-8H2,1-5H3. The van der Waals surface area contributed by atoms with Gasteiger partial charge in [-0.3, -0.25) is 4.79 Å². The second-order valence-corrected chi connectivity index (χ2v) is 5.86. The van der Waals surface area contributed by atoms with E-state index in [2.05, 4.69) is 0 Å². The maximum atomic E-state index is 12.1. The molecule has 0 aromatic heterocycles. The lowest BCUT2D eigenvalue weighted by Gasteiger charge is -2.14. The normalized spacial score (nSPS) is 10.6. The number of rotatable bonds is 6. The molecule has 4 nitrogen and oxygen atoms in total. The van der Waals surface area contributed by atoms with Gasteiger partial charge in [-0.15, -0.1) is 0 Å². The van der Waals surface area contributed by atoms with E-state index in [1.807, 2.05) is 33.8 Å². The highest BCUT2D eigenvalue weighted by Crippen LogP contribution is 2.38. The van der Waals surface area contributed by atoms with Crippen LogP contribution in [0.4, 0.5) is 0 Å². The Labute approximate surface area is 126 Å². The van der Waals surface area contributed by atoms with Crippen LogP contribution >= 0.6 is 0 Å². The van der Waals surface area contributed by atoms with Crippen LogP contribution in [0.2, 0.25) is 0 Å². The molecule has 0 atom stereocenters. The number of ether oxygens (including phenoxy) is 1. The van der Waals surface area contributed by atoms with Crippen LogP contribution in [0.1, 0.15) is 50.0 Å². The number of hydrogen-bond acceptors (Lipinski definition) is 4. The minimum atomic E-state index is -0.265. The average molecular weight is 292 g/mol. The summed E-state index contributed by atoms with van der Waals surface area (Å²) >= 11 is 0. The first-order valence-electron chi connectivity index (χ1n) is 7.08. The first-order chi connectivity index (χ1) is 9.73. The van der Waals surface area contributed by atoms with Crippen molar-refractivity contribution in [2.24, 2.45) is 5.92 Å². The van der Waals surface area contributed by atoms with E-state index in [1.54, 1.807) is 6.92 Å². The van der Waals surface area contributed by atoms with Gasteiger partial charge in [0.15, 0.2) is 5.78 Å². The third-order valence-corrected chi connectivity index (χ3v) is 3.09. The maximum absolute atomic E-state index is 12.1. The smallest absolute Gasteiger partial charge is 0.170 e. The van der Waals surface area contributed by atoms with Crippen molar-refractivity contribution in [1.29, 1.82) is 0 Å². The van der Waals surface area contributed by atoms with Gasteiger partial charge in [0.05, 0.1) is 0 Å². The Morgan fingerprint density at radius 1 is 1.33 bits per heavy atom. The molecule has 0 bridgehead atoms. The van der Waals surface area contributed by atoms with Crippen molar-refractivity contribution in [2.45, 2.75) is 41.0 Å². The summed E-state index contributed by atoms with van der Waals surface area (Å²) < 4.78 is 5.52. The molecule has 2 N–H and O–H groups in total. The zero-order valence-electron chi connectivity index (χ0n) is 13.4. The average Bonchev–Trinajstić information content (AvgIpc) is 2.34. The van der Waals surface area contributed by atoms with Crippen molar-refractivity contribution >= 4 is 5.78 Å². The molecule has 0 spiro atoms. The fourth-order valence-corrected chi connectivity index (χ4v) is 1.93. The zero-order chi connectivity index (χ0) is 16.2. The number of carbonyl (C=O) groups excluding carboxylic acids is 1. The summed E-state index contributed by atoms with van der Waals surface area (Å²) in [4.78, 5) is 12.1. The van der Waals surface area contributed by atoms with Gasteiger partial charge in [0.2, 0.25) is 0 Å². The monoisotopic (exact) mass is 292 g/mol. The van der Waals surface area contributed by atoms with Crippen LogP contribution in [-0.4, -0.2) is 22.6 Å². The molecular weight excluding hydrogens is 268 g/mol. The molecule has 0 heterocycles. The number of carbonyl (C=O) groups is 1. The molecule has 0 saturated heterocycles. The predicted molar refractivity (Wildman–Crippen MR) is 83.2 cm³/mol. The lowest BCUT2D eigenvalue weighted by atomic mass is 9.97. The maximum Gasteiger partial charge on any atom is 0.170 e. The number of phenols is 2. The van der Waals surface area contributed by atoms with Gasteiger partial charge in [-0.05, 0) is 32.8 Å². The molecule has 1 aromatic rings. The number of ketones is 1. The Bertz CT molecular complexity index is 552. The van der Waals surface area contributed by atoms with Gasteiger partial charge in [0.1, 0.15) is 29.4 Å². The molecular formula is C17H24O4. The van der Waals surface area contributed by atoms with Gasteiger partial charge in [-0.25, -0.2) is 0 Å². The summed E-state index contributed by atoms with van der Waals surface area (Å²) in [5.74, 6) is -0.170. The summed E-state index contributed by atoms with van der Waals surface area (Å²) in [6.07, 6.45) is 2.17. The predicted octanol–water partition coefficient (Wildman–Crippen LogP) is 3.98. The van der Waals surface area contributed by atoms with Crippen molar-refractivity contribution in [2.75, 3.05) is 6.61 Å². The molecule has 0 radical (unpaired) electrons. The quantitative estimate of drug-likeness (QED) is 0.615. The molecule has 0 amide bonds. The lowest BCUT2D eigenvalue weighted by molar-refractivity contribution is 0.0962. The van der Waals surface area contributed by atoms with Crippen LogP contribution in [0.15, 0.2) is 17.7 Å². The van der Waals surface area contributed by atoms with Crippen molar-refractivity contribution in [3.05, 3.63) is 28.8 Å². The van der Waals surface area contributed by atoms with Crippen molar-refractivity contribution in [3.63, 3.8) is 0 Å². The van der Waals surface area contributed by atoms with Gasteiger partial charge in [-0.2, -0.15) is 0 Å². The summed E-state index contributed by atoms with van der Waals surface area (Å²) in [5.41, 5.74) is 1.56. The fourth-order valence-electron chi connectivity index (χ4n) is 1.93. The van der Waals surface area contributed by atoms with Crippen LogP contribution in [0.3, 0.4) is 0 Å². The minimum Gasteiger partial charge on any atom is -0.507 e. The third kappa shape index (κ3) is 4.52. The van der Waals surface area contributed by atoms with E-state index < -0.39 is 0 Å². The second kappa shape index (κ2) is 7.16. The van der Waals surface area contributed by atoms with Gasteiger partial charge in [-0.1, -0.05) is 19.4 Å². The van der Waals surface area contributed by atoms with Gasteiger partial charge >= 0.3 is 0 Å². The summed E-state index contributed by atoms with van der Waals surface area (Å²) in [5, 5.41) is 20.2. The van der Waals surface area contributed by atoms with Gasteiger partial charge < -0.3 is 14.9 Å². The van der Waals surface area contributed by atoms with E-state index >= 15 is 0 Å². The van der Waals surface area contributed by atoms with E-state index in [4.69, 9.17) is 4.74 Å². The topological polar surface area (TPSA) is 66.8 Å². The molecule has 0 unspecified atom stereocenters. The Morgan fingerprint density at radius 3 is 2.48 bits per heavy atom. The van der Waals surface area contributed by atoms with Crippen LogP contribution in [-0.2, 0) is 0 Å². The van der Waals surface area contributed by atoms with E-state index in [-0.39, 0.29) is 35.2 Å². The van der Waals surface area contributed by atoms with Crippen molar-refractivity contribution in [3.8, 4) is 17.2 Å². The molecule has 21 heavy (non-hydrogen) atoms. The van der Waals surface area contributed by atoms with E-state index in [1.165, 1.54) is 6.07 Å².